The largest absolute Gasteiger partial charge is 0.385 e. The minimum Gasteiger partial charge on any atom is -0.385 e. The number of amides is 1. The molecule has 0 aromatic heterocycles. The molecule has 20 heavy (non-hydrogen) atoms. The molecule has 1 aromatic carbocycles. The average molecular weight is 278 g/mol. The Morgan fingerprint density at radius 2 is 2.20 bits per heavy atom. The average Bonchev–Trinajstić information content (AvgIpc) is 2.63. The lowest BCUT2D eigenvalue weighted by Gasteiger charge is -2.22. The van der Waals surface area contributed by atoms with E-state index in [1.165, 1.54) is 6.07 Å². The van der Waals surface area contributed by atoms with E-state index in [-0.39, 0.29) is 11.6 Å². The van der Waals surface area contributed by atoms with Gasteiger partial charge in [-0.25, -0.2) is 0 Å². The molecule has 0 bridgehead atoms. The lowest BCUT2D eigenvalue weighted by atomic mass is 10.2. The van der Waals surface area contributed by atoms with Gasteiger partial charge in [0.2, 0.25) is 5.91 Å². The van der Waals surface area contributed by atoms with Crippen molar-refractivity contribution in [2.45, 2.75) is 13.3 Å². The Morgan fingerprint density at radius 1 is 1.40 bits per heavy atom. The summed E-state index contributed by atoms with van der Waals surface area (Å²) in [5.74, 6) is 0.0184. The molecule has 1 saturated heterocycles. The third kappa shape index (κ3) is 3.37. The monoisotopic (exact) mass is 278 g/mol. The van der Waals surface area contributed by atoms with E-state index in [4.69, 9.17) is 0 Å². The zero-order valence-electron chi connectivity index (χ0n) is 11.4. The van der Waals surface area contributed by atoms with Gasteiger partial charge in [-0.05, 0) is 13.0 Å². The van der Waals surface area contributed by atoms with Gasteiger partial charge in [-0.3, -0.25) is 14.9 Å². The molecule has 1 aromatic rings. The lowest BCUT2D eigenvalue weighted by Crippen LogP contribution is -2.28. The second-order valence-corrected chi connectivity index (χ2v) is 4.61. The maximum absolute atomic E-state index is 11.3. The summed E-state index contributed by atoms with van der Waals surface area (Å²) in [6.07, 6.45) is 0.402. The van der Waals surface area contributed by atoms with Gasteiger partial charge in [-0.15, -0.1) is 0 Å². The molecule has 1 aliphatic rings. The number of rotatable bonds is 4. The van der Waals surface area contributed by atoms with E-state index < -0.39 is 4.92 Å². The van der Waals surface area contributed by atoms with E-state index in [0.29, 0.717) is 32.6 Å². The molecule has 0 atom stereocenters. The highest BCUT2D eigenvalue weighted by atomic mass is 16.6. The van der Waals surface area contributed by atoms with E-state index >= 15 is 0 Å². The summed E-state index contributed by atoms with van der Waals surface area (Å²) in [6.45, 7) is 4.41. The van der Waals surface area contributed by atoms with Crippen LogP contribution in [0.4, 0.5) is 17.1 Å². The van der Waals surface area contributed by atoms with E-state index in [0.717, 1.165) is 11.4 Å². The number of nitrogens with zero attached hydrogens (tertiary/aromatic N) is 2. The topological polar surface area (TPSA) is 87.5 Å². The third-order valence-corrected chi connectivity index (χ3v) is 3.17. The lowest BCUT2D eigenvalue weighted by molar-refractivity contribution is -0.384. The highest BCUT2D eigenvalue weighted by molar-refractivity contribution is 5.77. The number of nitro benzene ring substituents is 1. The van der Waals surface area contributed by atoms with Gasteiger partial charge in [0.05, 0.1) is 4.92 Å². The van der Waals surface area contributed by atoms with Gasteiger partial charge in [-0.2, -0.15) is 0 Å². The Kier molecular flexibility index (Phi) is 4.39. The number of nitro groups is 1. The molecule has 0 saturated carbocycles. The first kappa shape index (κ1) is 14.1. The van der Waals surface area contributed by atoms with Crippen LogP contribution in [-0.4, -0.2) is 37.0 Å². The Bertz CT molecular complexity index is 518. The van der Waals surface area contributed by atoms with Gasteiger partial charge in [-0.1, -0.05) is 0 Å². The van der Waals surface area contributed by atoms with Gasteiger partial charge < -0.3 is 15.5 Å². The first-order valence-corrected chi connectivity index (χ1v) is 6.65. The Morgan fingerprint density at radius 3 is 2.90 bits per heavy atom. The number of carbonyl (C=O) groups excluding carboxylic acids is 1. The van der Waals surface area contributed by atoms with Crippen molar-refractivity contribution >= 4 is 23.0 Å². The van der Waals surface area contributed by atoms with Crippen molar-refractivity contribution in [1.82, 2.24) is 5.32 Å². The zero-order chi connectivity index (χ0) is 14.5. The predicted molar refractivity (Wildman–Crippen MR) is 77.1 cm³/mol. The molecular weight excluding hydrogens is 260 g/mol. The number of hydrogen-bond donors (Lipinski definition) is 2. The van der Waals surface area contributed by atoms with Crippen LogP contribution in [0.2, 0.25) is 0 Å². The van der Waals surface area contributed by atoms with Crippen molar-refractivity contribution in [2.75, 3.05) is 36.4 Å². The Labute approximate surface area is 117 Å². The van der Waals surface area contributed by atoms with E-state index in [1.807, 2.05) is 17.9 Å². The highest BCUT2D eigenvalue weighted by Gasteiger charge is 2.17. The normalized spacial score (nSPS) is 15.4. The summed E-state index contributed by atoms with van der Waals surface area (Å²) >= 11 is 0. The summed E-state index contributed by atoms with van der Waals surface area (Å²) in [4.78, 5) is 23.9. The molecule has 1 aliphatic heterocycles. The molecule has 1 heterocycles. The maximum atomic E-state index is 11.3. The minimum absolute atomic E-state index is 0.0184. The van der Waals surface area contributed by atoms with Crippen LogP contribution in [0.3, 0.4) is 0 Å². The van der Waals surface area contributed by atoms with Gasteiger partial charge in [0.25, 0.3) is 5.69 Å². The predicted octanol–water partition coefficient (Wildman–Crippen LogP) is 1.35. The molecule has 0 aliphatic carbocycles. The number of non-ortho nitro benzene ring substituents is 1. The highest BCUT2D eigenvalue weighted by Crippen LogP contribution is 2.27. The van der Waals surface area contributed by atoms with Gasteiger partial charge in [0, 0.05) is 56.1 Å². The molecule has 108 valence electrons. The minimum atomic E-state index is -0.397. The van der Waals surface area contributed by atoms with E-state index in [9.17, 15) is 14.9 Å². The number of anilines is 2. The van der Waals surface area contributed by atoms with Crippen LogP contribution >= 0.6 is 0 Å². The van der Waals surface area contributed by atoms with Crippen molar-refractivity contribution in [3.63, 3.8) is 0 Å². The Balaban J connectivity index is 2.29. The first-order valence-electron chi connectivity index (χ1n) is 6.65. The fourth-order valence-corrected chi connectivity index (χ4v) is 2.21. The van der Waals surface area contributed by atoms with Crippen LogP contribution in [0.15, 0.2) is 18.2 Å². The second-order valence-electron chi connectivity index (χ2n) is 4.61. The van der Waals surface area contributed by atoms with Crippen molar-refractivity contribution in [3.05, 3.63) is 28.3 Å². The zero-order valence-corrected chi connectivity index (χ0v) is 11.4. The fraction of sp³-hybridized carbons (Fsp3) is 0.462. The second kappa shape index (κ2) is 6.23. The van der Waals surface area contributed by atoms with Crippen LogP contribution in [-0.2, 0) is 4.79 Å². The summed E-state index contributed by atoms with van der Waals surface area (Å²) in [6, 6.07) is 4.96. The molecule has 0 radical (unpaired) electrons. The van der Waals surface area contributed by atoms with Crippen LogP contribution in [0.25, 0.3) is 0 Å². The van der Waals surface area contributed by atoms with Gasteiger partial charge in [0.15, 0.2) is 0 Å². The molecule has 7 nitrogen and oxygen atoms in total. The van der Waals surface area contributed by atoms with Crippen LogP contribution in [0.1, 0.15) is 13.3 Å². The summed E-state index contributed by atoms with van der Waals surface area (Å²) < 4.78 is 0. The molecule has 0 unspecified atom stereocenters. The smallest absolute Gasteiger partial charge is 0.273 e. The number of carbonyl (C=O) groups is 1. The third-order valence-electron chi connectivity index (χ3n) is 3.17. The van der Waals surface area contributed by atoms with Gasteiger partial charge >= 0.3 is 0 Å². The molecular formula is C13H18N4O3. The SMILES string of the molecule is CCNc1cc(N2CCNC(=O)CC2)cc([N+](=O)[O-])c1. The summed E-state index contributed by atoms with van der Waals surface area (Å²) in [5, 5.41) is 16.9. The molecule has 1 fully saturated rings. The molecule has 7 heteroatoms. The van der Waals surface area contributed by atoms with Crippen LogP contribution < -0.4 is 15.5 Å². The Hall–Kier alpha value is -2.31. The summed E-state index contributed by atoms with van der Waals surface area (Å²) in [7, 11) is 0. The first-order chi connectivity index (χ1) is 9.60. The quantitative estimate of drug-likeness (QED) is 0.641. The molecule has 2 N–H and O–H groups in total. The van der Waals surface area contributed by atoms with Crippen LogP contribution in [0.5, 0.6) is 0 Å². The summed E-state index contributed by atoms with van der Waals surface area (Å²) in [5.41, 5.74) is 1.55. The van der Waals surface area contributed by atoms with Crippen LogP contribution in [0, 0.1) is 10.1 Å². The number of nitrogens with one attached hydrogen (secondary N) is 2. The van der Waals surface area contributed by atoms with Crippen molar-refractivity contribution in [1.29, 1.82) is 0 Å². The number of hydrogen-bond acceptors (Lipinski definition) is 5. The molecule has 2 rings (SSSR count). The van der Waals surface area contributed by atoms with Gasteiger partial charge in [0.1, 0.15) is 0 Å². The maximum Gasteiger partial charge on any atom is 0.273 e. The van der Waals surface area contributed by atoms with E-state index in [1.54, 1.807) is 6.07 Å². The molecule has 0 spiro atoms. The molecule has 1 amide bonds. The fourth-order valence-electron chi connectivity index (χ4n) is 2.21. The van der Waals surface area contributed by atoms with Crippen molar-refractivity contribution in [2.24, 2.45) is 0 Å². The van der Waals surface area contributed by atoms with Crippen molar-refractivity contribution in [3.8, 4) is 0 Å². The van der Waals surface area contributed by atoms with Crippen molar-refractivity contribution < 1.29 is 9.72 Å². The van der Waals surface area contributed by atoms with E-state index in [2.05, 4.69) is 10.6 Å². The standard InChI is InChI=1S/C13H18N4O3/c1-2-14-10-7-11(9-12(8-10)17(19)20)16-5-3-13(18)15-4-6-16/h7-9,14H,2-6H2,1H3,(H,15,18). The number of benzene rings is 1.